The number of fused-ring (bicyclic) bond motifs is 1. The first-order valence-electron chi connectivity index (χ1n) is 9.19. The lowest BCUT2D eigenvalue weighted by atomic mass is 10.1. The van der Waals surface area contributed by atoms with Crippen molar-refractivity contribution >= 4 is 21.1 Å². The van der Waals surface area contributed by atoms with Crippen molar-refractivity contribution in [2.75, 3.05) is 0 Å². The Bertz CT molecular complexity index is 988. The number of aromatic amines is 1. The molecule has 0 radical (unpaired) electrons. The third-order valence-corrected chi connectivity index (χ3v) is 6.51. The van der Waals surface area contributed by atoms with E-state index >= 15 is 0 Å². The minimum atomic E-state index is -3.52. The lowest BCUT2D eigenvalue weighted by molar-refractivity contribution is 0.510. The van der Waals surface area contributed by atoms with E-state index < -0.39 is 10.0 Å². The van der Waals surface area contributed by atoms with E-state index in [1.807, 2.05) is 30.3 Å². The maximum absolute atomic E-state index is 12.8. The number of H-pyrrole nitrogens is 1. The van der Waals surface area contributed by atoms with Crippen LogP contribution in [0.2, 0.25) is 0 Å². The average Bonchev–Trinajstić information content (AvgIpc) is 2.92. The Morgan fingerprint density at radius 3 is 2.42 bits per heavy atom. The quantitative estimate of drug-likeness (QED) is 0.676. The second-order valence-corrected chi connectivity index (χ2v) is 8.65. The van der Waals surface area contributed by atoms with Gasteiger partial charge >= 0.3 is 0 Å². The van der Waals surface area contributed by atoms with Gasteiger partial charge in [0.2, 0.25) is 10.0 Å². The van der Waals surface area contributed by atoms with Crippen LogP contribution in [0.5, 0.6) is 0 Å². The Morgan fingerprint density at radius 2 is 1.69 bits per heavy atom. The number of rotatable bonds is 4. The molecule has 5 nitrogen and oxygen atoms in total. The van der Waals surface area contributed by atoms with Crippen molar-refractivity contribution in [2.45, 2.75) is 49.5 Å². The Labute approximate surface area is 153 Å². The average molecular weight is 369 g/mol. The molecule has 1 fully saturated rings. The van der Waals surface area contributed by atoms with E-state index in [1.54, 1.807) is 18.2 Å². The van der Waals surface area contributed by atoms with Crippen molar-refractivity contribution in [3.8, 4) is 11.4 Å². The van der Waals surface area contributed by atoms with Crippen molar-refractivity contribution in [1.29, 1.82) is 0 Å². The highest BCUT2D eigenvalue weighted by atomic mass is 32.2. The molecule has 0 bridgehead atoms. The van der Waals surface area contributed by atoms with Crippen molar-refractivity contribution in [1.82, 2.24) is 14.7 Å². The molecule has 0 unspecified atom stereocenters. The Kier molecular flexibility index (Phi) is 4.78. The van der Waals surface area contributed by atoms with Gasteiger partial charge in [0.05, 0.1) is 15.9 Å². The molecule has 4 rings (SSSR count). The SMILES string of the molecule is O=S(=O)(NC1CCCCCC1)c1ccc2nc(-c3ccccc3)[nH]c2c1. The topological polar surface area (TPSA) is 74.8 Å². The number of benzene rings is 2. The van der Waals surface area contributed by atoms with Gasteiger partial charge in [0.15, 0.2) is 0 Å². The second kappa shape index (κ2) is 7.21. The van der Waals surface area contributed by atoms with Crippen LogP contribution in [0, 0.1) is 0 Å². The molecule has 136 valence electrons. The van der Waals surface area contributed by atoms with E-state index in [2.05, 4.69) is 14.7 Å². The van der Waals surface area contributed by atoms with Crippen molar-refractivity contribution < 1.29 is 8.42 Å². The lowest BCUT2D eigenvalue weighted by Gasteiger charge is -2.16. The predicted molar refractivity (Wildman–Crippen MR) is 103 cm³/mol. The second-order valence-electron chi connectivity index (χ2n) is 6.94. The van der Waals surface area contributed by atoms with E-state index in [0.717, 1.165) is 48.1 Å². The molecule has 1 aliphatic carbocycles. The largest absolute Gasteiger partial charge is 0.338 e. The van der Waals surface area contributed by atoms with Crippen LogP contribution in [0.4, 0.5) is 0 Å². The summed E-state index contributed by atoms with van der Waals surface area (Å²) in [6.45, 7) is 0. The van der Waals surface area contributed by atoms with Gasteiger partial charge in [0.25, 0.3) is 0 Å². The predicted octanol–water partition coefficient (Wildman–Crippen LogP) is 4.23. The maximum atomic E-state index is 12.8. The number of imidazole rings is 1. The molecule has 6 heteroatoms. The summed E-state index contributed by atoms with van der Waals surface area (Å²) in [7, 11) is -3.52. The molecule has 2 N–H and O–H groups in total. The van der Waals surface area contributed by atoms with Crippen molar-refractivity contribution in [2.24, 2.45) is 0 Å². The molecular formula is C20H23N3O2S. The molecule has 0 saturated heterocycles. The molecule has 0 amide bonds. The van der Waals surface area contributed by atoms with Crippen LogP contribution in [-0.4, -0.2) is 24.4 Å². The fourth-order valence-corrected chi connectivity index (χ4v) is 4.90. The molecule has 26 heavy (non-hydrogen) atoms. The zero-order chi connectivity index (χ0) is 18.0. The summed E-state index contributed by atoms with van der Waals surface area (Å²) in [6.07, 6.45) is 6.41. The summed E-state index contributed by atoms with van der Waals surface area (Å²) in [5, 5.41) is 0. The van der Waals surface area contributed by atoms with E-state index in [4.69, 9.17) is 0 Å². The third-order valence-electron chi connectivity index (χ3n) is 4.99. The first kappa shape index (κ1) is 17.2. The van der Waals surface area contributed by atoms with Crippen LogP contribution >= 0.6 is 0 Å². The molecule has 1 aromatic heterocycles. The van der Waals surface area contributed by atoms with Gasteiger partial charge in [0.1, 0.15) is 5.82 Å². The number of nitrogens with zero attached hydrogens (tertiary/aromatic N) is 1. The van der Waals surface area contributed by atoms with E-state index in [-0.39, 0.29) is 10.9 Å². The standard InChI is InChI=1S/C20H23N3O2S/c24-26(25,23-16-10-6-1-2-7-11-16)17-12-13-18-19(14-17)22-20(21-18)15-8-4-3-5-9-15/h3-5,8-9,12-14,16,23H,1-2,6-7,10-11H2,(H,21,22). The van der Waals surface area contributed by atoms with Gasteiger partial charge < -0.3 is 4.98 Å². The van der Waals surface area contributed by atoms with Crippen LogP contribution in [0.3, 0.4) is 0 Å². The summed E-state index contributed by atoms with van der Waals surface area (Å²) in [5.41, 5.74) is 2.47. The lowest BCUT2D eigenvalue weighted by Crippen LogP contribution is -2.34. The number of hydrogen-bond acceptors (Lipinski definition) is 3. The summed E-state index contributed by atoms with van der Waals surface area (Å²) < 4.78 is 28.5. The molecule has 1 saturated carbocycles. The zero-order valence-electron chi connectivity index (χ0n) is 14.6. The summed E-state index contributed by atoms with van der Waals surface area (Å²) in [4.78, 5) is 8.09. The highest BCUT2D eigenvalue weighted by molar-refractivity contribution is 7.89. The van der Waals surface area contributed by atoms with Crippen molar-refractivity contribution in [3.63, 3.8) is 0 Å². The fourth-order valence-electron chi connectivity index (χ4n) is 3.57. The molecule has 0 aliphatic heterocycles. The number of sulfonamides is 1. The first-order valence-corrected chi connectivity index (χ1v) is 10.7. The van der Waals surface area contributed by atoms with E-state index in [1.165, 1.54) is 12.8 Å². The summed E-state index contributed by atoms with van der Waals surface area (Å²) >= 11 is 0. The van der Waals surface area contributed by atoms with Crippen LogP contribution in [-0.2, 0) is 10.0 Å². The Morgan fingerprint density at radius 1 is 0.962 bits per heavy atom. The van der Waals surface area contributed by atoms with Gasteiger partial charge in [-0.25, -0.2) is 18.1 Å². The highest BCUT2D eigenvalue weighted by Crippen LogP contribution is 2.24. The molecule has 0 spiro atoms. The summed E-state index contributed by atoms with van der Waals surface area (Å²) in [5.74, 6) is 0.742. The monoisotopic (exact) mass is 369 g/mol. The highest BCUT2D eigenvalue weighted by Gasteiger charge is 2.21. The molecule has 1 aliphatic rings. The molecular weight excluding hydrogens is 346 g/mol. The van der Waals surface area contributed by atoms with Crippen LogP contribution in [0.15, 0.2) is 53.4 Å². The molecule has 0 atom stereocenters. The Hall–Kier alpha value is -2.18. The van der Waals surface area contributed by atoms with Gasteiger partial charge in [-0.15, -0.1) is 0 Å². The van der Waals surface area contributed by atoms with Crippen molar-refractivity contribution in [3.05, 3.63) is 48.5 Å². The van der Waals surface area contributed by atoms with Gasteiger partial charge in [-0.2, -0.15) is 0 Å². The normalized spacial score (nSPS) is 16.6. The number of hydrogen-bond donors (Lipinski definition) is 2. The number of nitrogens with one attached hydrogen (secondary N) is 2. The van der Waals surface area contributed by atoms with Gasteiger partial charge in [-0.3, -0.25) is 0 Å². The first-order chi connectivity index (χ1) is 12.6. The van der Waals surface area contributed by atoms with Gasteiger partial charge in [0, 0.05) is 11.6 Å². The van der Waals surface area contributed by atoms with Crippen LogP contribution in [0.1, 0.15) is 38.5 Å². The minimum Gasteiger partial charge on any atom is -0.338 e. The zero-order valence-corrected chi connectivity index (χ0v) is 15.4. The summed E-state index contributed by atoms with van der Waals surface area (Å²) in [6, 6.07) is 14.9. The maximum Gasteiger partial charge on any atom is 0.240 e. The van der Waals surface area contributed by atoms with Gasteiger partial charge in [-0.1, -0.05) is 56.0 Å². The molecule has 2 aromatic carbocycles. The minimum absolute atomic E-state index is 0.0415. The van der Waals surface area contributed by atoms with Gasteiger partial charge in [-0.05, 0) is 31.0 Å². The Balaban J connectivity index is 1.62. The third kappa shape index (κ3) is 3.66. The smallest absolute Gasteiger partial charge is 0.240 e. The molecule has 1 heterocycles. The van der Waals surface area contributed by atoms with Crippen LogP contribution in [0.25, 0.3) is 22.4 Å². The fraction of sp³-hybridized carbons (Fsp3) is 0.350. The molecule has 3 aromatic rings. The van der Waals surface area contributed by atoms with Crippen LogP contribution < -0.4 is 4.72 Å². The van der Waals surface area contributed by atoms with E-state index in [0.29, 0.717) is 0 Å². The van der Waals surface area contributed by atoms with E-state index in [9.17, 15) is 8.42 Å². The number of aromatic nitrogens is 2.